The van der Waals surface area contributed by atoms with Gasteiger partial charge in [0, 0.05) is 5.56 Å². The first-order valence-corrected chi connectivity index (χ1v) is 8.47. The van der Waals surface area contributed by atoms with Gasteiger partial charge in [0.25, 0.3) is 0 Å². The lowest BCUT2D eigenvalue weighted by molar-refractivity contribution is 0.509. The number of halogens is 3. The van der Waals surface area contributed by atoms with E-state index in [0.717, 1.165) is 36.1 Å². The summed E-state index contributed by atoms with van der Waals surface area (Å²) in [6.07, 6.45) is 2.37. The van der Waals surface area contributed by atoms with Crippen molar-refractivity contribution >= 4 is 0 Å². The molecule has 25 heavy (non-hydrogen) atoms. The third-order valence-corrected chi connectivity index (χ3v) is 4.99. The van der Waals surface area contributed by atoms with E-state index in [2.05, 4.69) is 25.1 Å². The molecule has 0 saturated heterocycles. The van der Waals surface area contributed by atoms with Crippen LogP contribution < -0.4 is 0 Å². The lowest BCUT2D eigenvalue weighted by Gasteiger charge is -2.22. The fourth-order valence-corrected chi connectivity index (χ4v) is 3.60. The fraction of sp³-hybridized carbons (Fsp3) is 0.182. The van der Waals surface area contributed by atoms with Crippen LogP contribution in [0.5, 0.6) is 0 Å². The highest BCUT2D eigenvalue weighted by molar-refractivity contribution is 5.78. The molecule has 3 aromatic carbocycles. The van der Waals surface area contributed by atoms with Crippen LogP contribution in [0, 0.1) is 17.5 Å². The van der Waals surface area contributed by atoms with Gasteiger partial charge in [-0.15, -0.1) is 0 Å². The van der Waals surface area contributed by atoms with Gasteiger partial charge in [-0.05, 0) is 64.8 Å². The summed E-state index contributed by atoms with van der Waals surface area (Å²) in [6, 6.07) is 13.4. The Labute approximate surface area is 144 Å². The SMILES string of the molecule is CCc1ccc2c(c1)CCc1c-2ccc(-c2ccc(F)c(F)c2)c1F. The van der Waals surface area contributed by atoms with Crippen LogP contribution in [0.2, 0.25) is 0 Å². The summed E-state index contributed by atoms with van der Waals surface area (Å²) in [5.74, 6) is -2.23. The zero-order valence-electron chi connectivity index (χ0n) is 13.9. The largest absolute Gasteiger partial charge is 0.206 e. The average molecular weight is 338 g/mol. The molecule has 126 valence electrons. The molecule has 1 aliphatic carbocycles. The number of benzene rings is 3. The molecule has 0 nitrogen and oxygen atoms in total. The summed E-state index contributed by atoms with van der Waals surface area (Å²) in [5.41, 5.74) is 5.80. The molecule has 3 heteroatoms. The summed E-state index contributed by atoms with van der Waals surface area (Å²) < 4.78 is 41.7. The monoisotopic (exact) mass is 338 g/mol. The number of hydrogen-bond donors (Lipinski definition) is 0. The van der Waals surface area contributed by atoms with Crippen LogP contribution in [0.25, 0.3) is 22.3 Å². The van der Waals surface area contributed by atoms with Crippen molar-refractivity contribution in [3.63, 3.8) is 0 Å². The smallest absolute Gasteiger partial charge is 0.159 e. The van der Waals surface area contributed by atoms with Crippen molar-refractivity contribution in [2.45, 2.75) is 26.2 Å². The van der Waals surface area contributed by atoms with Crippen molar-refractivity contribution < 1.29 is 13.2 Å². The second-order valence-electron chi connectivity index (χ2n) is 6.43. The Morgan fingerprint density at radius 2 is 1.52 bits per heavy atom. The first kappa shape index (κ1) is 15.9. The van der Waals surface area contributed by atoms with E-state index >= 15 is 4.39 Å². The van der Waals surface area contributed by atoms with Gasteiger partial charge in [-0.1, -0.05) is 43.3 Å². The van der Waals surface area contributed by atoms with E-state index < -0.39 is 11.6 Å². The number of rotatable bonds is 2. The zero-order valence-corrected chi connectivity index (χ0v) is 13.9. The van der Waals surface area contributed by atoms with Gasteiger partial charge in [-0.2, -0.15) is 0 Å². The molecule has 3 aromatic rings. The fourth-order valence-electron chi connectivity index (χ4n) is 3.60. The molecule has 1 aliphatic rings. The van der Waals surface area contributed by atoms with E-state index in [1.54, 1.807) is 6.07 Å². The molecule has 0 heterocycles. The van der Waals surface area contributed by atoms with Gasteiger partial charge in [0.2, 0.25) is 0 Å². The molecule has 4 rings (SSSR count). The first-order chi connectivity index (χ1) is 12.1. The summed E-state index contributed by atoms with van der Waals surface area (Å²) in [4.78, 5) is 0. The molecule has 0 bridgehead atoms. The van der Waals surface area contributed by atoms with Crippen molar-refractivity contribution in [3.8, 4) is 22.3 Å². The molecule has 0 aromatic heterocycles. The van der Waals surface area contributed by atoms with E-state index in [1.807, 2.05) is 6.07 Å². The van der Waals surface area contributed by atoms with Crippen LogP contribution in [-0.4, -0.2) is 0 Å². The standard InChI is InChI=1S/C22H17F3/c1-2-13-3-6-16-14(11-13)4-7-19-18(16)9-8-17(22(19)25)15-5-10-20(23)21(24)12-15/h3,5-6,8-12H,2,4,7H2,1H3. The number of aryl methyl sites for hydroxylation is 2. The second kappa shape index (κ2) is 6.07. The average Bonchev–Trinajstić information content (AvgIpc) is 2.63. The Morgan fingerprint density at radius 3 is 2.28 bits per heavy atom. The van der Waals surface area contributed by atoms with Gasteiger partial charge in [-0.3, -0.25) is 0 Å². The lowest BCUT2D eigenvalue weighted by Crippen LogP contribution is -2.08. The lowest BCUT2D eigenvalue weighted by atomic mass is 9.83. The van der Waals surface area contributed by atoms with Crippen LogP contribution in [0.1, 0.15) is 23.6 Å². The molecular formula is C22H17F3. The molecule has 0 radical (unpaired) electrons. The summed E-state index contributed by atoms with van der Waals surface area (Å²) in [6.45, 7) is 2.12. The molecule has 0 N–H and O–H groups in total. The molecular weight excluding hydrogens is 321 g/mol. The predicted octanol–water partition coefficient (Wildman–Crippen LogP) is 6.10. The molecule has 0 unspecified atom stereocenters. The highest BCUT2D eigenvalue weighted by atomic mass is 19.2. The number of fused-ring (bicyclic) bond motifs is 3. The Hall–Kier alpha value is -2.55. The molecule has 0 aliphatic heterocycles. The van der Waals surface area contributed by atoms with Gasteiger partial charge >= 0.3 is 0 Å². The van der Waals surface area contributed by atoms with Crippen LogP contribution in [0.3, 0.4) is 0 Å². The van der Waals surface area contributed by atoms with Crippen LogP contribution >= 0.6 is 0 Å². The maximum atomic E-state index is 15.1. The van der Waals surface area contributed by atoms with Crippen molar-refractivity contribution in [2.75, 3.05) is 0 Å². The van der Waals surface area contributed by atoms with Crippen LogP contribution in [-0.2, 0) is 19.3 Å². The van der Waals surface area contributed by atoms with E-state index in [-0.39, 0.29) is 5.82 Å². The highest BCUT2D eigenvalue weighted by Gasteiger charge is 2.22. The summed E-state index contributed by atoms with van der Waals surface area (Å²) >= 11 is 0. The quantitative estimate of drug-likeness (QED) is 0.530. The van der Waals surface area contributed by atoms with Crippen molar-refractivity contribution in [3.05, 3.63) is 82.7 Å². The summed E-state index contributed by atoms with van der Waals surface area (Å²) in [5, 5.41) is 0. The van der Waals surface area contributed by atoms with Crippen molar-refractivity contribution in [1.29, 1.82) is 0 Å². The molecule has 0 fully saturated rings. The minimum Gasteiger partial charge on any atom is -0.206 e. The van der Waals surface area contributed by atoms with E-state index in [1.165, 1.54) is 17.2 Å². The van der Waals surface area contributed by atoms with E-state index in [0.29, 0.717) is 23.1 Å². The Bertz CT molecular complexity index is 973. The third kappa shape index (κ3) is 2.64. The molecule has 0 atom stereocenters. The third-order valence-electron chi connectivity index (χ3n) is 4.99. The van der Waals surface area contributed by atoms with Crippen molar-refractivity contribution in [2.24, 2.45) is 0 Å². The van der Waals surface area contributed by atoms with Crippen LogP contribution in [0.15, 0.2) is 48.5 Å². The van der Waals surface area contributed by atoms with Crippen molar-refractivity contribution in [1.82, 2.24) is 0 Å². The second-order valence-corrected chi connectivity index (χ2v) is 6.43. The van der Waals surface area contributed by atoms with Gasteiger partial charge < -0.3 is 0 Å². The van der Waals surface area contributed by atoms with Gasteiger partial charge in [0.05, 0.1) is 0 Å². The Balaban J connectivity index is 1.84. The summed E-state index contributed by atoms with van der Waals surface area (Å²) in [7, 11) is 0. The van der Waals surface area contributed by atoms with Gasteiger partial charge in [0.1, 0.15) is 5.82 Å². The highest BCUT2D eigenvalue weighted by Crippen LogP contribution is 2.38. The maximum Gasteiger partial charge on any atom is 0.159 e. The molecule has 0 spiro atoms. The van der Waals surface area contributed by atoms with Crippen LogP contribution in [0.4, 0.5) is 13.2 Å². The van der Waals surface area contributed by atoms with E-state index in [4.69, 9.17) is 0 Å². The predicted molar refractivity (Wildman–Crippen MR) is 94.0 cm³/mol. The Morgan fingerprint density at radius 1 is 0.760 bits per heavy atom. The van der Waals surface area contributed by atoms with Gasteiger partial charge in [0.15, 0.2) is 11.6 Å². The normalized spacial score (nSPS) is 12.6. The topological polar surface area (TPSA) is 0 Å². The minimum atomic E-state index is -0.966. The first-order valence-electron chi connectivity index (χ1n) is 8.47. The van der Waals surface area contributed by atoms with E-state index in [9.17, 15) is 8.78 Å². The van der Waals surface area contributed by atoms with Gasteiger partial charge in [-0.25, -0.2) is 13.2 Å². The maximum absolute atomic E-state index is 15.1. The molecule has 0 amide bonds. The number of hydrogen-bond acceptors (Lipinski definition) is 0. The Kier molecular flexibility index (Phi) is 3.87. The minimum absolute atomic E-state index is 0.311. The zero-order chi connectivity index (χ0) is 17.6. The molecule has 0 saturated carbocycles.